The van der Waals surface area contributed by atoms with E-state index in [1.807, 2.05) is 0 Å². The van der Waals surface area contributed by atoms with E-state index in [0.717, 1.165) is 12.1 Å². The largest absolute Gasteiger partial charge is 0.398 e. The van der Waals surface area contributed by atoms with E-state index in [4.69, 9.17) is 10.8 Å². The molecule has 0 saturated heterocycles. The summed E-state index contributed by atoms with van der Waals surface area (Å²) in [4.78, 5) is -0.502. The zero-order valence-corrected chi connectivity index (χ0v) is 11.1. The molecule has 0 bridgehead atoms. The average molecular weight is 276 g/mol. The minimum absolute atomic E-state index is 0.203. The van der Waals surface area contributed by atoms with Crippen molar-refractivity contribution in [3.63, 3.8) is 0 Å². The standard InChI is InChI=1S/C11H17FN2O3S/c1-3-8(6-15)14-18(16,17)11-5-10(13)7(2)4-9(11)12/h4-5,8,14-15H,3,6,13H2,1-2H3. The van der Waals surface area contributed by atoms with Gasteiger partial charge in [0, 0.05) is 11.7 Å². The third kappa shape index (κ3) is 3.18. The van der Waals surface area contributed by atoms with Gasteiger partial charge >= 0.3 is 0 Å². The molecule has 1 aromatic carbocycles. The molecule has 0 aliphatic carbocycles. The summed E-state index contributed by atoms with van der Waals surface area (Å²) in [6.07, 6.45) is 0.401. The third-order valence-corrected chi connectivity index (χ3v) is 4.18. The molecule has 0 spiro atoms. The Morgan fingerprint density at radius 2 is 2.11 bits per heavy atom. The number of nitrogens with one attached hydrogen (secondary N) is 1. The summed E-state index contributed by atoms with van der Waals surface area (Å²) >= 11 is 0. The van der Waals surface area contributed by atoms with Crippen LogP contribution in [0, 0.1) is 12.7 Å². The molecule has 0 aromatic heterocycles. The van der Waals surface area contributed by atoms with E-state index < -0.39 is 26.8 Å². The minimum Gasteiger partial charge on any atom is -0.398 e. The number of hydrogen-bond donors (Lipinski definition) is 3. The first-order valence-electron chi connectivity index (χ1n) is 5.50. The van der Waals surface area contributed by atoms with Crippen molar-refractivity contribution in [1.82, 2.24) is 4.72 Å². The van der Waals surface area contributed by atoms with Crippen LogP contribution in [-0.2, 0) is 10.0 Å². The Labute approximate surface area is 106 Å². The fourth-order valence-corrected chi connectivity index (χ4v) is 2.81. The maximum absolute atomic E-state index is 13.6. The Morgan fingerprint density at radius 1 is 1.50 bits per heavy atom. The number of aliphatic hydroxyl groups is 1. The van der Waals surface area contributed by atoms with Crippen LogP contribution in [0.3, 0.4) is 0 Å². The molecule has 4 N–H and O–H groups in total. The zero-order valence-electron chi connectivity index (χ0n) is 10.3. The quantitative estimate of drug-likeness (QED) is 0.692. The number of aryl methyl sites for hydroxylation is 1. The number of nitrogen functional groups attached to an aromatic ring is 1. The number of benzene rings is 1. The summed E-state index contributed by atoms with van der Waals surface area (Å²) in [7, 11) is -4.02. The topological polar surface area (TPSA) is 92.4 Å². The van der Waals surface area contributed by atoms with E-state index in [0.29, 0.717) is 12.0 Å². The molecule has 18 heavy (non-hydrogen) atoms. The number of hydrogen-bond acceptors (Lipinski definition) is 4. The van der Waals surface area contributed by atoms with Crippen LogP contribution in [0.15, 0.2) is 17.0 Å². The molecule has 1 aromatic rings. The lowest BCUT2D eigenvalue weighted by atomic mass is 10.2. The van der Waals surface area contributed by atoms with Crippen LogP contribution in [0.25, 0.3) is 0 Å². The highest BCUT2D eigenvalue weighted by molar-refractivity contribution is 7.89. The van der Waals surface area contributed by atoms with Gasteiger partial charge in [0.2, 0.25) is 10.0 Å². The van der Waals surface area contributed by atoms with Crippen molar-refractivity contribution in [2.75, 3.05) is 12.3 Å². The maximum atomic E-state index is 13.6. The zero-order chi connectivity index (χ0) is 13.9. The Balaban J connectivity index is 3.16. The van der Waals surface area contributed by atoms with Gasteiger partial charge in [-0.1, -0.05) is 6.92 Å². The molecule has 0 heterocycles. The molecule has 102 valence electrons. The second kappa shape index (κ2) is 5.64. The summed E-state index contributed by atoms with van der Waals surface area (Å²) in [5, 5.41) is 8.96. The van der Waals surface area contributed by atoms with Gasteiger partial charge in [-0.05, 0) is 31.0 Å². The van der Waals surface area contributed by atoms with Crippen molar-refractivity contribution < 1.29 is 17.9 Å². The Morgan fingerprint density at radius 3 is 2.61 bits per heavy atom. The van der Waals surface area contributed by atoms with E-state index in [-0.39, 0.29) is 12.3 Å². The van der Waals surface area contributed by atoms with Gasteiger partial charge in [-0.15, -0.1) is 0 Å². The molecule has 0 fully saturated rings. The first-order valence-corrected chi connectivity index (χ1v) is 6.99. The fraction of sp³-hybridized carbons (Fsp3) is 0.455. The average Bonchev–Trinajstić information content (AvgIpc) is 2.30. The van der Waals surface area contributed by atoms with Gasteiger partial charge in [0.25, 0.3) is 0 Å². The van der Waals surface area contributed by atoms with Crippen molar-refractivity contribution in [3.8, 4) is 0 Å². The van der Waals surface area contributed by atoms with Crippen LogP contribution in [0.5, 0.6) is 0 Å². The Kier molecular flexibility index (Phi) is 4.66. The first-order chi connectivity index (χ1) is 8.31. The lowest BCUT2D eigenvalue weighted by Crippen LogP contribution is -2.37. The van der Waals surface area contributed by atoms with Gasteiger partial charge in [0.1, 0.15) is 10.7 Å². The van der Waals surface area contributed by atoms with Crippen LogP contribution >= 0.6 is 0 Å². The number of halogens is 1. The van der Waals surface area contributed by atoms with E-state index in [1.54, 1.807) is 13.8 Å². The third-order valence-electron chi connectivity index (χ3n) is 2.65. The molecule has 7 heteroatoms. The van der Waals surface area contributed by atoms with Gasteiger partial charge in [0.05, 0.1) is 6.61 Å². The van der Waals surface area contributed by atoms with Crippen molar-refractivity contribution in [1.29, 1.82) is 0 Å². The number of rotatable bonds is 5. The summed E-state index contributed by atoms with van der Waals surface area (Å²) in [6.45, 7) is 2.95. The predicted octanol–water partition coefficient (Wildman–Crippen LogP) is 0.766. The molecule has 0 aliphatic rings. The SMILES string of the molecule is CCC(CO)NS(=O)(=O)c1cc(N)c(C)cc1F. The van der Waals surface area contributed by atoms with Gasteiger partial charge in [-0.2, -0.15) is 0 Å². The van der Waals surface area contributed by atoms with Gasteiger partial charge in [0.15, 0.2) is 0 Å². The highest BCUT2D eigenvalue weighted by Gasteiger charge is 2.23. The smallest absolute Gasteiger partial charge is 0.243 e. The lowest BCUT2D eigenvalue weighted by molar-refractivity contribution is 0.253. The highest BCUT2D eigenvalue weighted by atomic mass is 32.2. The molecule has 5 nitrogen and oxygen atoms in total. The minimum atomic E-state index is -4.02. The van der Waals surface area contributed by atoms with E-state index in [1.165, 1.54) is 0 Å². The fourth-order valence-electron chi connectivity index (χ4n) is 1.41. The van der Waals surface area contributed by atoms with Crippen LogP contribution in [0.1, 0.15) is 18.9 Å². The molecule has 1 unspecified atom stereocenters. The number of nitrogens with two attached hydrogens (primary N) is 1. The summed E-state index contributed by atoms with van der Waals surface area (Å²) in [6, 6.07) is 1.51. The molecule has 0 saturated carbocycles. The Hall–Kier alpha value is -1.18. The van der Waals surface area contributed by atoms with E-state index in [2.05, 4.69) is 4.72 Å². The van der Waals surface area contributed by atoms with Crippen LogP contribution < -0.4 is 10.5 Å². The van der Waals surface area contributed by atoms with Gasteiger partial charge in [-0.3, -0.25) is 0 Å². The van der Waals surface area contributed by atoms with Crippen molar-refractivity contribution in [3.05, 3.63) is 23.5 Å². The van der Waals surface area contributed by atoms with Crippen molar-refractivity contribution in [2.24, 2.45) is 0 Å². The van der Waals surface area contributed by atoms with Crippen molar-refractivity contribution in [2.45, 2.75) is 31.2 Å². The second-order valence-corrected chi connectivity index (χ2v) is 5.73. The lowest BCUT2D eigenvalue weighted by Gasteiger charge is -2.15. The molecule has 1 atom stereocenters. The van der Waals surface area contributed by atoms with Gasteiger partial charge in [-0.25, -0.2) is 17.5 Å². The number of anilines is 1. The molecular formula is C11H17FN2O3S. The maximum Gasteiger partial charge on any atom is 0.243 e. The Bertz CT molecular complexity index is 527. The predicted molar refractivity (Wildman–Crippen MR) is 67.0 cm³/mol. The van der Waals surface area contributed by atoms with E-state index in [9.17, 15) is 12.8 Å². The first kappa shape index (κ1) is 14.9. The summed E-state index contributed by atoms with van der Waals surface area (Å²) < 4.78 is 39.7. The molecular weight excluding hydrogens is 259 g/mol. The molecule has 0 radical (unpaired) electrons. The number of aliphatic hydroxyl groups excluding tert-OH is 1. The molecule has 0 aliphatic heterocycles. The van der Waals surface area contributed by atoms with Crippen LogP contribution in [0.4, 0.5) is 10.1 Å². The molecule has 1 rings (SSSR count). The summed E-state index contributed by atoms with van der Waals surface area (Å²) in [5.41, 5.74) is 6.25. The van der Waals surface area contributed by atoms with Crippen LogP contribution in [-0.4, -0.2) is 26.2 Å². The van der Waals surface area contributed by atoms with Crippen molar-refractivity contribution >= 4 is 15.7 Å². The second-order valence-electron chi connectivity index (χ2n) is 4.05. The normalized spacial score (nSPS) is 13.6. The number of sulfonamides is 1. The monoisotopic (exact) mass is 276 g/mol. The molecule has 0 amide bonds. The van der Waals surface area contributed by atoms with Crippen LogP contribution in [0.2, 0.25) is 0 Å². The summed E-state index contributed by atoms with van der Waals surface area (Å²) in [5.74, 6) is -0.859. The van der Waals surface area contributed by atoms with E-state index >= 15 is 0 Å². The van der Waals surface area contributed by atoms with Gasteiger partial charge < -0.3 is 10.8 Å². The highest BCUT2D eigenvalue weighted by Crippen LogP contribution is 2.21.